The first kappa shape index (κ1) is 8.53. The molecule has 1 amide bonds. The molecule has 0 atom stereocenters. The van der Waals surface area contributed by atoms with Crippen LogP contribution in [0.4, 0.5) is 0 Å². The van der Waals surface area contributed by atoms with Gasteiger partial charge >= 0.3 is 0 Å². The third kappa shape index (κ3) is 1.71. The first-order chi connectivity index (χ1) is 5.15. The van der Waals surface area contributed by atoms with Crippen LogP contribution < -0.4 is 5.32 Å². The van der Waals surface area contributed by atoms with E-state index in [1.54, 1.807) is 7.05 Å². The van der Waals surface area contributed by atoms with Crippen molar-refractivity contribution >= 4 is 5.91 Å². The van der Waals surface area contributed by atoms with Crippen molar-refractivity contribution in [3.8, 4) is 0 Å². The van der Waals surface area contributed by atoms with Gasteiger partial charge in [0.15, 0.2) is 0 Å². The van der Waals surface area contributed by atoms with Crippen LogP contribution in [0.5, 0.6) is 0 Å². The van der Waals surface area contributed by atoms with Crippen LogP contribution in [-0.2, 0) is 4.79 Å². The molecule has 1 aliphatic heterocycles. The van der Waals surface area contributed by atoms with Gasteiger partial charge in [0.1, 0.15) is 0 Å². The topological polar surface area (TPSA) is 32.3 Å². The molecule has 11 heavy (non-hydrogen) atoms. The van der Waals surface area contributed by atoms with E-state index in [1.165, 1.54) is 0 Å². The zero-order chi connectivity index (χ0) is 8.43. The van der Waals surface area contributed by atoms with Crippen LogP contribution in [0.3, 0.4) is 0 Å². The van der Waals surface area contributed by atoms with Gasteiger partial charge in [0.25, 0.3) is 0 Å². The Morgan fingerprint density at radius 2 is 2.09 bits per heavy atom. The summed E-state index contributed by atoms with van der Waals surface area (Å²) in [7, 11) is 1.69. The van der Waals surface area contributed by atoms with Gasteiger partial charge in [-0.25, -0.2) is 0 Å². The molecule has 0 aromatic rings. The number of carbonyl (C=O) groups excluding carboxylic acids is 1. The van der Waals surface area contributed by atoms with Crippen molar-refractivity contribution in [3.05, 3.63) is 0 Å². The number of nitrogens with one attached hydrogen (secondary N) is 1. The molecule has 3 nitrogen and oxygen atoms in total. The van der Waals surface area contributed by atoms with Crippen molar-refractivity contribution in [1.82, 2.24) is 10.2 Å². The summed E-state index contributed by atoms with van der Waals surface area (Å²) in [4.78, 5) is 13.3. The molecule has 0 radical (unpaired) electrons. The highest BCUT2D eigenvalue weighted by Crippen LogP contribution is 2.17. The molecule has 1 rings (SSSR count). The van der Waals surface area contributed by atoms with E-state index in [4.69, 9.17) is 0 Å². The second-order valence-corrected chi connectivity index (χ2v) is 3.36. The molecule has 1 fully saturated rings. The summed E-state index contributed by atoms with van der Waals surface area (Å²) in [6.45, 7) is 6.16. The van der Waals surface area contributed by atoms with E-state index in [2.05, 4.69) is 24.1 Å². The van der Waals surface area contributed by atoms with E-state index in [0.717, 1.165) is 13.1 Å². The van der Waals surface area contributed by atoms with Crippen LogP contribution in [-0.4, -0.2) is 37.0 Å². The van der Waals surface area contributed by atoms with Crippen LogP contribution >= 0.6 is 0 Å². The average Bonchev–Trinajstić information content (AvgIpc) is 1.83. The molecule has 64 valence electrons. The van der Waals surface area contributed by atoms with E-state index < -0.39 is 0 Å². The molecule has 0 aromatic carbocycles. The predicted octanol–water partition coefficient (Wildman–Crippen LogP) is 0.0726. The quantitative estimate of drug-likeness (QED) is 0.613. The fraction of sp³-hybridized carbons (Fsp3) is 0.875. The van der Waals surface area contributed by atoms with Crippen LogP contribution in [0.25, 0.3) is 0 Å². The fourth-order valence-electron chi connectivity index (χ4n) is 1.30. The van der Waals surface area contributed by atoms with Crippen LogP contribution in [0.15, 0.2) is 0 Å². The summed E-state index contributed by atoms with van der Waals surface area (Å²) in [6.07, 6.45) is 0. The van der Waals surface area contributed by atoms with Crippen molar-refractivity contribution in [1.29, 1.82) is 0 Å². The number of hydrogen-bond acceptors (Lipinski definition) is 2. The lowest BCUT2D eigenvalue weighted by Crippen LogP contribution is -2.55. The summed E-state index contributed by atoms with van der Waals surface area (Å²) >= 11 is 0. The molecule has 1 N–H and O–H groups in total. The van der Waals surface area contributed by atoms with Crippen molar-refractivity contribution in [2.24, 2.45) is 5.92 Å². The molecule has 0 aromatic heterocycles. The summed E-state index contributed by atoms with van der Waals surface area (Å²) in [6, 6.07) is 0.580. The Bertz CT molecular complexity index is 150. The van der Waals surface area contributed by atoms with Gasteiger partial charge in [0.05, 0.1) is 5.92 Å². The van der Waals surface area contributed by atoms with E-state index in [9.17, 15) is 4.79 Å². The molecule has 0 saturated carbocycles. The van der Waals surface area contributed by atoms with Crippen LogP contribution in [0, 0.1) is 5.92 Å². The Morgan fingerprint density at radius 3 is 2.45 bits per heavy atom. The van der Waals surface area contributed by atoms with Crippen molar-refractivity contribution in [2.75, 3.05) is 20.1 Å². The van der Waals surface area contributed by atoms with Crippen molar-refractivity contribution in [2.45, 2.75) is 19.9 Å². The largest absolute Gasteiger partial charge is 0.359 e. The van der Waals surface area contributed by atoms with Gasteiger partial charge in [-0.3, -0.25) is 9.69 Å². The van der Waals surface area contributed by atoms with Gasteiger partial charge in [-0.1, -0.05) is 0 Å². The van der Waals surface area contributed by atoms with Gasteiger partial charge in [0, 0.05) is 26.2 Å². The molecule has 0 aliphatic carbocycles. The average molecular weight is 156 g/mol. The minimum Gasteiger partial charge on any atom is -0.359 e. The molecule has 0 unspecified atom stereocenters. The summed E-state index contributed by atoms with van der Waals surface area (Å²) in [5, 5.41) is 2.66. The Balaban J connectivity index is 2.24. The Kier molecular flexibility index (Phi) is 2.49. The molecular formula is C8H16N2O. The molecule has 1 aliphatic rings. The van der Waals surface area contributed by atoms with Gasteiger partial charge in [-0.2, -0.15) is 0 Å². The molecule has 0 spiro atoms. The Hall–Kier alpha value is -0.570. The second kappa shape index (κ2) is 3.22. The number of carbonyl (C=O) groups is 1. The highest BCUT2D eigenvalue weighted by Gasteiger charge is 2.32. The first-order valence-electron chi connectivity index (χ1n) is 4.10. The minimum absolute atomic E-state index is 0.182. The molecule has 1 saturated heterocycles. The van der Waals surface area contributed by atoms with Gasteiger partial charge in [0.2, 0.25) is 5.91 Å². The summed E-state index contributed by atoms with van der Waals surface area (Å²) in [5.74, 6) is 0.421. The molecule has 1 heterocycles. The third-order valence-electron chi connectivity index (χ3n) is 2.26. The summed E-state index contributed by atoms with van der Waals surface area (Å²) in [5.41, 5.74) is 0. The maximum absolute atomic E-state index is 11.0. The lowest BCUT2D eigenvalue weighted by molar-refractivity contribution is -0.130. The molecule has 3 heteroatoms. The number of hydrogen-bond donors (Lipinski definition) is 1. The van der Waals surface area contributed by atoms with Crippen LogP contribution in [0.2, 0.25) is 0 Å². The Morgan fingerprint density at radius 1 is 1.55 bits per heavy atom. The number of likely N-dealkylation sites (tertiary alicyclic amines) is 1. The van der Waals surface area contributed by atoms with E-state index in [0.29, 0.717) is 6.04 Å². The van der Waals surface area contributed by atoms with Gasteiger partial charge in [-0.15, -0.1) is 0 Å². The zero-order valence-corrected chi connectivity index (χ0v) is 7.42. The molecule has 0 bridgehead atoms. The van der Waals surface area contributed by atoms with Crippen molar-refractivity contribution < 1.29 is 4.79 Å². The van der Waals surface area contributed by atoms with E-state index in [1.807, 2.05) is 0 Å². The van der Waals surface area contributed by atoms with Crippen LogP contribution in [0.1, 0.15) is 13.8 Å². The molecular weight excluding hydrogens is 140 g/mol. The predicted molar refractivity (Wildman–Crippen MR) is 44.3 cm³/mol. The SMILES string of the molecule is CNC(=O)C1CN(C(C)C)C1. The monoisotopic (exact) mass is 156 g/mol. The first-order valence-corrected chi connectivity index (χ1v) is 4.10. The van der Waals surface area contributed by atoms with Gasteiger partial charge < -0.3 is 5.32 Å². The maximum Gasteiger partial charge on any atom is 0.225 e. The van der Waals surface area contributed by atoms with E-state index >= 15 is 0 Å². The number of rotatable bonds is 2. The smallest absolute Gasteiger partial charge is 0.225 e. The lowest BCUT2D eigenvalue weighted by Gasteiger charge is -2.40. The zero-order valence-electron chi connectivity index (χ0n) is 7.42. The third-order valence-corrected chi connectivity index (χ3v) is 2.26. The summed E-state index contributed by atoms with van der Waals surface area (Å²) < 4.78 is 0. The number of amides is 1. The fourth-order valence-corrected chi connectivity index (χ4v) is 1.30. The normalized spacial score (nSPS) is 20.0. The van der Waals surface area contributed by atoms with Gasteiger partial charge in [-0.05, 0) is 13.8 Å². The maximum atomic E-state index is 11.0. The highest BCUT2D eigenvalue weighted by atomic mass is 16.1. The van der Waals surface area contributed by atoms with Crippen molar-refractivity contribution in [3.63, 3.8) is 0 Å². The highest BCUT2D eigenvalue weighted by molar-refractivity contribution is 5.79. The standard InChI is InChI=1S/C8H16N2O/c1-6(2)10-4-7(5-10)8(11)9-3/h6-7H,4-5H2,1-3H3,(H,9,11). The second-order valence-electron chi connectivity index (χ2n) is 3.36. The minimum atomic E-state index is 0.182. The van der Waals surface area contributed by atoms with E-state index in [-0.39, 0.29) is 11.8 Å². The Labute approximate surface area is 67.8 Å². The number of nitrogens with zero attached hydrogens (tertiary/aromatic N) is 1. The lowest BCUT2D eigenvalue weighted by atomic mass is 9.97.